The Morgan fingerprint density at radius 3 is 2.19 bits per heavy atom. The number of carboxylic acid groups (broad SMARTS) is 1. The van der Waals surface area contributed by atoms with E-state index in [0.29, 0.717) is 19.5 Å². The van der Waals surface area contributed by atoms with Crippen LogP contribution in [0.1, 0.15) is 31.5 Å². The van der Waals surface area contributed by atoms with Crippen molar-refractivity contribution < 1.29 is 18.3 Å². The normalized spacial score (nSPS) is 11.5. The van der Waals surface area contributed by atoms with Crippen LogP contribution in [0.25, 0.3) is 16.9 Å². The summed E-state index contributed by atoms with van der Waals surface area (Å²) >= 11 is 0. The summed E-state index contributed by atoms with van der Waals surface area (Å²) in [5.74, 6) is 0. The Bertz CT molecular complexity index is 1170. The van der Waals surface area contributed by atoms with Gasteiger partial charge in [0.15, 0.2) is 9.84 Å². The van der Waals surface area contributed by atoms with Crippen molar-refractivity contribution in [1.29, 1.82) is 0 Å². The zero-order valence-corrected chi connectivity index (χ0v) is 19.6. The predicted octanol–water partition coefficient (Wildman–Crippen LogP) is 5.04. The molecule has 1 amide bonds. The van der Waals surface area contributed by atoms with Crippen molar-refractivity contribution in [2.75, 3.05) is 19.3 Å². The molecule has 0 fully saturated rings. The summed E-state index contributed by atoms with van der Waals surface area (Å²) in [6.45, 7) is 5.00. The van der Waals surface area contributed by atoms with Gasteiger partial charge in [-0.1, -0.05) is 44.2 Å². The average Bonchev–Trinajstić information content (AvgIpc) is 3.15. The molecule has 0 unspecified atom stereocenters. The summed E-state index contributed by atoms with van der Waals surface area (Å²) in [5.41, 5.74) is 5.11. The summed E-state index contributed by atoms with van der Waals surface area (Å²) in [4.78, 5) is 13.3. The Hall–Kier alpha value is -3.06. The average molecular weight is 455 g/mol. The highest BCUT2D eigenvalue weighted by Gasteiger charge is 2.19. The molecule has 3 rings (SSSR count). The van der Waals surface area contributed by atoms with Crippen LogP contribution in [-0.4, -0.2) is 48.4 Å². The van der Waals surface area contributed by atoms with Crippen molar-refractivity contribution in [3.05, 3.63) is 71.9 Å². The van der Waals surface area contributed by atoms with Gasteiger partial charge in [0.25, 0.3) is 0 Å². The van der Waals surface area contributed by atoms with Crippen LogP contribution >= 0.6 is 0 Å². The van der Waals surface area contributed by atoms with Crippen LogP contribution < -0.4 is 0 Å². The molecular weight excluding hydrogens is 424 g/mol. The van der Waals surface area contributed by atoms with Gasteiger partial charge in [-0.05, 0) is 60.7 Å². The van der Waals surface area contributed by atoms with Crippen LogP contribution in [0, 0.1) is 0 Å². The molecule has 0 aliphatic rings. The molecule has 0 spiro atoms. The lowest BCUT2D eigenvalue weighted by Gasteiger charge is -2.18. The number of hydrogen-bond acceptors (Lipinski definition) is 3. The minimum Gasteiger partial charge on any atom is -0.465 e. The Balaban J connectivity index is 2.08. The number of sulfone groups is 1. The molecular formula is C25H30N2O4S. The molecule has 0 saturated carbocycles. The van der Waals surface area contributed by atoms with Crippen molar-refractivity contribution in [3.8, 4) is 16.9 Å². The Morgan fingerprint density at radius 2 is 1.66 bits per heavy atom. The SMILES string of the molecule is CCCN(CCc1cc(-c2ccc(S(C)(=O)=O)cc2)n(-c2ccccc2)c1CC)C(=O)O. The van der Waals surface area contributed by atoms with Crippen LogP contribution in [0.3, 0.4) is 0 Å². The van der Waals surface area contributed by atoms with E-state index in [9.17, 15) is 18.3 Å². The molecule has 1 N–H and O–H groups in total. The number of carbonyl (C=O) groups is 1. The topological polar surface area (TPSA) is 79.6 Å². The van der Waals surface area contributed by atoms with E-state index in [2.05, 4.69) is 17.6 Å². The van der Waals surface area contributed by atoms with Crippen LogP contribution in [-0.2, 0) is 22.7 Å². The number of benzene rings is 2. The van der Waals surface area contributed by atoms with E-state index in [0.717, 1.165) is 41.0 Å². The number of aromatic nitrogens is 1. The maximum absolute atomic E-state index is 11.9. The Morgan fingerprint density at radius 1 is 1.00 bits per heavy atom. The molecule has 32 heavy (non-hydrogen) atoms. The maximum Gasteiger partial charge on any atom is 0.407 e. The molecule has 0 radical (unpaired) electrons. The molecule has 0 bridgehead atoms. The second-order valence-corrected chi connectivity index (χ2v) is 9.86. The molecule has 1 aromatic heterocycles. The van der Waals surface area contributed by atoms with Crippen LogP contribution in [0.2, 0.25) is 0 Å². The minimum absolute atomic E-state index is 0.284. The minimum atomic E-state index is -3.27. The van der Waals surface area contributed by atoms with Gasteiger partial charge in [-0.2, -0.15) is 0 Å². The van der Waals surface area contributed by atoms with Gasteiger partial charge >= 0.3 is 6.09 Å². The zero-order valence-electron chi connectivity index (χ0n) is 18.8. The van der Waals surface area contributed by atoms with Gasteiger partial charge in [0.1, 0.15) is 0 Å². The first-order valence-electron chi connectivity index (χ1n) is 10.8. The molecule has 2 aromatic carbocycles. The summed E-state index contributed by atoms with van der Waals surface area (Å²) < 4.78 is 25.9. The lowest BCUT2D eigenvalue weighted by Crippen LogP contribution is -2.32. The molecule has 0 saturated heterocycles. The second kappa shape index (κ2) is 10.0. The largest absolute Gasteiger partial charge is 0.465 e. The quantitative estimate of drug-likeness (QED) is 0.491. The summed E-state index contributed by atoms with van der Waals surface area (Å²) in [6, 6.07) is 19.0. The summed E-state index contributed by atoms with van der Waals surface area (Å²) in [6.07, 6.45) is 2.47. The molecule has 170 valence electrons. The molecule has 7 heteroatoms. The number of nitrogens with zero attached hydrogens (tertiary/aromatic N) is 2. The van der Waals surface area contributed by atoms with E-state index < -0.39 is 15.9 Å². The Labute approximate surface area is 190 Å². The standard InChI is InChI=1S/C25H30N2O4S/c1-4-16-26(25(28)29)17-15-20-18-24(19-11-13-22(14-12-19)32(3,30)31)27(23(20)5-2)21-9-7-6-8-10-21/h6-14,18H,4-5,15-17H2,1-3H3,(H,28,29). The van der Waals surface area contributed by atoms with E-state index in [1.807, 2.05) is 49.4 Å². The lowest BCUT2D eigenvalue weighted by molar-refractivity contribution is 0.145. The first-order valence-corrected chi connectivity index (χ1v) is 12.7. The summed E-state index contributed by atoms with van der Waals surface area (Å²) in [5, 5.41) is 9.49. The van der Waals surface area contributed by atoms with Gasteiger partial charge in [-0.3, -0.25) is 0 Å². The third-order valence-electron chi connectivity index (χ3n) is 5.54. The van der Waals surface area contributed by atoms with Crippen LogP contribution in [0.5, 0.6) is 0 Å². The van der Waals surface area contributed by atoms with Crippen LogP contribution in [0.15, 0.2) is 65.6 Å². The van der Waals surface area contributed by atoms with Crippen LogP contribution in [0.4, 0.5) is 4.79 Å². The Kier molecular flexibility index (Phi) is 7.40. The zero-order chi connectivity index (χ0) is 23.3. The third kappa shape index (κ3) is 5.22. The van der Waals surface area contributed by atoms with E-state index in [1.54, 1.807) is 12.1 Å². The maximum atomic E-state index is 11.9. The van der Waals surface area contributed by atoms with Crippen molar-refractivity contribution >= 4 is 15.9 Å². The van der Waals surface area contributed by atoms with Gasteiger partial charge in [0.2, 0.25) is 0 Å². The van der Waals surface area contributed by atoms with Gasteiger partial charge in [-0.15, -0.1) is 0 Å². The molecule has 0 aliphatic heterocycles. The monoisotopic (exact) mass is 454 g/mol. The highest BCUT2D eigenvalue weighted by atomic mass is 32.2. The fraction of sp³-hybridized carbons (Fsp3) is 0.320. The predicted molar refractivity (Wildman–Crippen MR) is 127 cm³/mol. The number of amides is 1. The number of para-hydroxylation sites is 1. The molecule has 0 atom stereocenters. The number of rotatable bonds is 9. The number of hydrogen-bond donors (Lipinski definition) is 1. The van der Waals surface area contributed by atoms with Gasteiger partial charge in [0.05, 0.1) is 10.6 Å². The van der Waals surface area contributed by atoms with Gasteiger partial charge in [-0.25, -0.2) is 13.2 Å². The molecule has 3 aromatic rings. The fourth-order valence-electron chi connectivity index (χ4n) is 3.99. The fourth-order valence-corrected chi connectivity index (χ4v) is 4.62. The van der Waals surface area contributed by atoms with E-state index >= 15 is 0 Å². The highest BCUT2D eigenvalue weighted by molar-refractivity contribution is 7.90. The first-order chi connectivity index (χ1) is 15.3. The van der Waals surface area contributed by atoms with Crippen molar-refractivity contribution in [3.63, 3.8) is 0 Å². The van der Waals surface area contributed by atoms with Crippen molar-refractivity contribution in [2.24, 2.45) is 0 Å². The smallest absolute Gasteiger partial charge is 0.407 e. The first kappa shape index (κ1) is 23.6. The third-order valence-corrected chi connectivity index (χ3v) is 6.66. The second-order valence-electron chi connectivity index (χ2n) is 7.84. The summed E-state index contributed by atoms with van der Waals surface area (Å²) in [7, 11) is -3.27. The lowest BCUT2D eigenvalue weighted by atomic mass is 10.1. The molecule has 1 heterocycles. The molecule has 0 aliphatic carbocycles. The van der Waals surface area contributed by atoms with Gasteiger partial charge < -0.3 is 14.6 Å². The molecule has 6 nitrogen and oxygen atoms in total. The van der Waals surface area contributed by atoms with Gasteiger partial charge in [0, 0.05) is 30.7 Å². The van der Waals surface area contributed by atoms with Crippen molar-refractivity contribution in [2.45, 2.75) is 38.0 Å². The van der Waals surface area contributed by atoms with E-state index in [1.165, 1.54) is 11.2 Å². The van der Waals surface area contributed by atoms with E-state index in [-0.39, 0.29) is 4.90 Å². The van der Waals surface area contributed by atoms with Crippen molar-refractivity contribution in [1.82, 2.24) is 9.47 Å². The van der Waals surface area contributed by atoms with E-state index in [4.69, 9.17) is 0 Å². The highest BCUT2D eigenvalue weighted by Crippen LogP contribution is 2.31.